The van der Waals surface area contributed by atoms with Crippen molar-refractivity contribution < 1.29 is 14.6 Å². The van der Waals surface area contributed by atoms with E-state index >= 15 is 0 Å². The lowest BCUT2D eigenvalue weighted by atomic mass is 9.95. The smallest absolute Gasteiger partial charge is 0.251 e. The molecule has 1 amide bonds. The molecule has 2 rings (SSSR count). The van der Waals surface area contributed by atoms with Crippen LogP contribution < -0.4 is 0 Å². The molecule has 0 spiro atoms. The molecule has 0 saturated carbocycles. The number of hydrogen-bond acceptors (Lipinski definition) is 3. The molecule has 1 unspecified atom stereocenters. The van der Waals surface area contributed by atoms with E-state index in [1.165, 1.54) is 0 Å². The number of carbonyl (C=O) groups is 1. The molecule has 0 aromatic carbocycles. The summed E-state index contributed by atoms with van der Waals surface area (Å²) in [5.41, 5.74) is -0.716. The maximum Gasteiger partial charge on any atom is 0.251 e. The second-order valence-corrected chi connectivity index (χ2v) is 4.86. The maximum absolute atomic E-state index is 12.0. The largest absolute Gasteiger partial charge is 0.388 e. The zero-order chi connectivity index (χ0) is 10.9. The minimum Gasteiger partial charge on any atom is -0.388 e. The van der Waals surface area contributed by atoms with Gasteiger partial charge in [-0.2, -0.15) is 0 Å². The van der Waals surface area contributed by atoms with Crippen LogP contribution in [0.3, 0.4) is 0 Å². The fourth-order valence-corrected chi connectivity index (χ4v) is 2.38. The summed E-state index contributed by atoms with van der Waals surface area (Å²) in [5.74, 6) is 0.0625. The molecule has 15 heavy (non-hydrogen) atoms. The van der Waals surface area contributed by atoms with Crippen molar-refractivity contribution in [1.82, 2.24) is 4.90 Å². The van der Waals surface area contributed by atoms with Crippen molar-refractivity contribution in [1.29, 1.82) is 0 Å². The minimum atomic E-state index is -0.716. The van der Waals surface area contributed by atoms with Gasteiger partial charge in [-0.1, -0.05) is 0 Å². The van der Waals surface area contributed by atoms with Gasteiger partial charge in [-0.3, -0.25) is 4.79 Å². The number of amides is 1. The second-order valence-electron chi connectivity index (χ2n) is 4.86. The van der Waals surface area contributed by atoms with Crippen LogP contribution >= 0.6 is 0 Å². The Morgan fingerprint density at radius 2 is 2.33 bits per heavy atom. The summed E-state index contributed by atoms with van der Waals surface area (Å²) in [5, 5.41) is 9.90. The molecular formula is C11H19NO3. The number of ether oxygens (including phenoxy) is 1. The van der Waals surface area contributed by atoms with Gasteiger partial charge < -0.3 is 14.7 Å². The van der Waals surface area contributed by atoms with Crippen LogP contribution in [-0.2, 0) is 9.53 Å². The summed E-state index contributed by atoms with van der Waals surface area (Å²) in [6.07, 6.45) is 3.21. The number of β-amino-alcohol motifs (C(OH)–C–C–N with tert-alkyl or cyclic N) is 1. The number of carbonyl (C=O) groups excluding carboxylic acids is 1. The van der Waals surface area contributed by atoms with Crippen LogP contribution in [-0.4, -0.2) is 47.3 Å². The third-order valence-electron chi connectivity index (χ3n) is 3.19. The van der Waals surface area contributed by atoms with E-state index < -0.39 is 5.60 Å². The normalized spacial score (nSPS) is 36.9. The van der Waals surface area contributed by atoms with E-state index in [4.69, 9.17) is 4.74 Å². The Bertz CT molecular complexity index is 246. The first-order valence-corrected chi connectivity index (χ1v) is 5.71. The fraction of sp³-hybridized carbons (Fsp3) is 0.909. The van der Waals surface area contributed by atoms with Gasteiger partial charge in [0.15, 0.2) is 0 Å². The lowest BCUT2D eigenvalue weighted by Gasteiger charge is -2.37. The van der Waals surface area contributed by atoms with Gasteiger partial charge in [0, 0.05) is 19.7 Å². The van der Waals surface area contributed by atoms with Gasteiger partial charge in [-0.15, -0.1) is 0 Å². The molecule has 2 heterocycles. The lowest BCUT2D eigenvalue weighted by molar-refractivity contribution is -0.147. The predicted molar refractivity (Wildman–Crippen MR) is 55.4 cm³/mol. The molecule has 0 aliphatic carbocycles. The summed E-state index contributed by atoms with van der Waals surface area (Å²) in [7, 11) is 0. The Morgan fingerprint density at radius 3 is 2.93 bits per heavy atom. The topological polar surface area (TPSA) is 49.8 Å². The van der Waals surface area contributed by atoms with E-state index in [1.807, 2.05) is 0 Å². The molecule has 86 valence electrons. The Kier molecular flexibility index (Phi) is 2.98. The van der Waals surface area contributed by atoms with Crippen molar-refractivity contribution in [2.75, 3.05) is 19.7 Å². The SMILES string of the molecule is CC1(O)CCCN(C(=O)[C@H]2CCCO2)C1. The third kappa shape index (κ3) is 2.49. The molecule has 2 saturated heterocycles. The Labute approximate surface area is 90.2 Å². The van der Waals surface area contributed by atoms with Gasteiger partial charge in [0.25, 0.3) is 5.91 Å². The molecule has 2 aliphatic rings. The highest BCUT2D eigenvalue weighted by Gasteiger charge is 2.35. The minimum absolute atomic E-state index is 0.0625. The van der Waals surface area contributed by atoms with E-state index in [-0.39, 0.29) is 12.0 Å². The number of likely N-dealkylation sites (tertiary alicyclic amines) is 1. The summed E-state index contributed by atoms with van der Waals surface area (Å²) in [6.45, 7) is 3.70. The van der Waals surface area contributed by atoms with Crippen LogP contribution in [0.4, 0.5) is 0 Å². The molecule has 2 fully saturated rings. The quantitative estimate of drug-likeness (QED) is 0.691. The molecule has 2 aliphatic heterocycles. The molecular weight excluding hydrogens is 194 g/mol. The molecule has 4 nitrogen and oxygen atoms in total. The van der Waals surface area contributed by atoms with E-state index in [2.05, 4.69) is 0 Å². The van der Waals surface area contributed by atoms with Crippen molar-refractivity contribution in [2.45, 2.75) is 44.3 Å². The first kappa shape index (κ1) is 10.9. The standard InChI is InChI=1S/C11H19NO3/c1-11(14)5-3-6-12(8-11)10(13)9-4-2-7-15-9/h9,14H,2-8H2,1H3/t9-,11?/m1/s1. The van der Waals surface area contributed by atoms with Gasteiger partial charge >= 0.3 is 0 Å². The van der Waals surface area contributed by atoms with Crippen LogP contribution in [0.15, 0.2) is 0 Å². The number of nitrogens with zero attached hydrogens (tertiary/aromatic N) is 1. The monoisotopic (exact) mass is 213 g/mol. The first-order chi connectivity index (χ1) is 7.08. The van der Waals surface area contributed by atoms with E-state index in [0.717, 1.165) is 32.2 Å². The van der Waals surface area contributed by atoms with E-state index in [0.29, 0.717) is 13.2 Å². The van der Waals surface area contributed by atoms with Gasteiger partial charge in [-0.25, -0.2) is 0 Å². The number of aliphatic hydroxyl groups is 1. The average Bonchev–Trinajstić information content (AvgIpc) is 2.67. The number of rotatable bonds is 1. The molecule has 0 aromatic heterocycles. The van der Waals surface area contributed by atoms with Crippen molar-refractivity contribution in [3.05, 3.63) is 0 Å². The number of hydrogen-bond donors (Lipinski definition) is 1. The summed E-state index contributed by atoms with van der Waals surface area (Å²) in [4.78, 5) is 13.7. The van der Waals surface area contributed by atoms with Crippen molar-refractivity contribution in [2.24, 2.45) is 0 Å². The van der Waals surface area contributed by atoms with Crippen molar-refractivity contribution in [3.8, 4) is 0 Å². The summed E-state index contributed by atoms with van der Waals surface area (Å²) < 4.78 is 5.36. The average molecular weight is 213 g/mol. The van der Waals surface area contributed by atoms with E-state index in [9.17, 15) is 9.90 Å². The zero-order valence-electron chi connectivity index (χ0n) is 9.24. The lowest BCUT2D eigenvalue weighted by Crippen LogP contribution is -2.51. The molecule has 2 atom stereocenters. The van der Waals surface area contributed by atoms with Gasteiger partial charge in [0.05, 0.1) is 5.60 Å². The fourth-order valence-electron chi connectivity index (χ4n) is 2.38. The van der Waals surface area contributed by atoms with Crippen LogP contribution in [0, 0.1) is 0 Å². The Hall–Kier alpha value is -0.610. The summed E-state index contributed by atoms with van der Waals surface area (Å²) >= 11 is 0. The van der Waals surface area contributed by atoms with Gasteiger partial charge in [0.1, 0.15) is 6.10 Å². The third-order valence-corrected chi connectivity index (χ3v) is 3.19. The van der Waals surface area contributed by atoms with Crippen LogP contribution in [0.5, 0.6) is 0 Å². The maximum atomic E-state index is 12.0. The summed E-state index contributed by atoms with van der Waals surface area (Å²) in [6, 6.07) is 0. The van der Waals surface area contributed by atoms with E-state index in [1.54, 1.807) is 11.8 Å². The highest BCUT2D eigenvalue weighted by atomic mass is 16.5. The molecule has 1 N–H and O–H groups in total. The number of piperidine rings is 1. The molecule has 0 aromatic rings. The van der Waals surface area contributed by atoms with Crippen LogP contribution in [0.25, 0.3) is 0 Å². The highest BCUT2D eigenvalue weighted by molar-refractivity contribution is 5.81. The van der Waals surface area contributed by atoms with Gasteiger partial charge in [0.2, 0.25) is 0 Å². The molecule has 4 heteroatoms. The highest BCUT2D eigenvalue weighted by Crippen LogP contribution is 2.23. The van der Waals surface area contributed by atoms with Crippen LogP contribution in [0.2, 0.25) is 0 Å². The predicted octanol–water partition coefficient (Wildman–Crippen LogP) is 0.539. The van der Waals surface area contributed by atoms with Gasteiger partial charge in [-0.05, 0) is 32.6 Å². The molecule has 0 radical (unpaired) electrons. The van der Waals surface area contributed by atoms with Crippen LogP contribution in [0.1, 0.15) is 32.6 Å². The second kappa shape index (κ2) is 4.10. The van der Waals surface area contributed by atoms with Crippen molar-refractivity contribution >= 4 is 5.91 Å². The Balaban J connectivity index is 1.94. The molecule has 0 bridgehead atoms. The van der Waals surface area contributed by atoms with Crippen molar-refractivity contribution in [3.63, 3.8) is 0 Å². The Morgan fingerprint density at radius 1 is 1.53 bits per heavy atom. The zero-order valence-corrected chi connectivity index (χ0v) is 9.24. The first-order valence-electron chi connectivity index (χ1n) is 5.71.